The van der Waals surface area contributed by atoms with Crippen molar-refractivity contribution in [3.05, 3.63) is 71.8 Å². The van der Waals surface area contributed by atoms with Crippen LogP contribution in [-0.2, 0) is 11.3 Å². The first kappa shape index (κ1) is 20.6. The topological polar surface area (TPSA) is 55.5 Å². The van der Waals surface area contributed by atoms with Crippen molar-refractivity contribution in [1.29, 1.82) is 0 Å². The van der Waals surface area contributed by atoms with Gasteiger partial charge in [-0.2, -0.15) is 0 Å². The van der Waals surface area contributed by atoms with E-state index in [1.165, 1.54) is 33.4 Å². The van der Waals surface area contributed by atoms with Crippen LogP contribution < -0.4 is 4.90 Å². The molecule has 4 rings (SSSR count). The van der Waals surface area contributed by atoms with Crippen LogP contribution in [0.2, 0.25) is 0 Å². The van der Waals surface area contributed by atoms with Crippen LogP contribution in [0.4, 0.5) is 0 Å². The fraction of sp³-hybridized carbons (Fsp3) is 0.348. The predicted molar refractivity (Wildman–Crippen MR) is 119 cm³/mol. The number of aryl methyl sites for hydroxylation is 2. The fourth-order valence-electron chi connectivity index (χ4n) is 3.94. The maximum absolute atomic E-state index is 12.8. The molecule has 6 nitrogen and oxygen atoms in total. The first-order valence-electron chi connectivity index (χ1n) is 10.3. The molecule has 0 atom stereocenters. The number of pyridine rings is 1. The highest BCUT2D eigenvalue weighted by molar-refractivity contribution is 7.99. The van der Waals surface area contributed by atoms with Gasteiger partial charge in [0.05, 0.1) is 31.9 Å². The van der Waals surface area contributed by atoms with E-state index in [2.05, 4.69) is 58.7 Å². The van der Waals surface area contributed by atoms with Gasteiger partial charge >= 0.3 is 0 Å². The third-order valence-corrected chi connectivity index (χ3v) is 6.39. The zero-order valence-corrected chi connectivity index (χ0v) is 18.4. The van der Waals surface area contributed by atoms with Crippen LogP contribution >= 0.6 is 11.8 Å². The Balaban J connectivity index is 1.30. The normalized spacial score (nSPS) is 14.8. The molecular formula is C23H28N5OS+. The Bertz CT molecular complexity index is 976. The van der Waals surface area contributed by atoms with Gasteiger partial charge in [-0.25, -0.2) is 4.98 Å². The maximum atomic E-state index is 12.8. The monoisotopic (exact) mass is 422 g/mol. The molecule has 1 N–H and O–H groups in total. The van der Waals surface area contributed by atoms with Crippen molar-refractivity contribution in [2.24, 2.45) is 0 Å². The number of rotatable bonds is 6. The maximum Gasteiger partial charge on any atom is 0.233 e. The Labute approximate surface area is 181 Å². The third-order valence-electron chi connectivity index (χ3n) is 5.44. The molecule has 1 aliphatic heterocycles. The van der Waals surface area contributed by atoms with Gasteiger partial charge in [-0.15, -0.1) is 0 Å². The lowest BCUT2D eigenvalue weighted by Gasteiger charge is -2.32. The zero-order chi connectivity index (χ0) is 20.9. The summed E-state index contributed by atoms with van der Waals surface area (Å²) < 4.78 is 2.06. The minimum atomic E-state index is 0.193. The molecular weight excluding hydrogens is 394 g/mol. The second kappa shape index (κ2) is 9.45. The molecule has 0 bridgehead atoms. The van der Waals surface area contributed by atoms with E-state index in [4.69, 9.17) is 0 Å². The van der Waals surface area contributed by atoms with Gasteiger partial charge in [0, 0.05) is 36.0 Å². The molecule has 1 aromatic carbocycles. The van der Waals surface area contributed by atoms with E-state index in [-0.39, 0.29) is 5.91 Å². The van der Waals surface area contributed by atoms with E-state index in [1.54, 1.807) is 6.20 Å². The lowest BCUT2D eigenvalue weighted by molar-refractivity contribution is -0.917. The molecule has 3 heterocycles. The van der Waals surface area contributed by atoms with Gasteiger partial charge in [0.15, 0.2) is 5.16 Å². The first-order chi connectivity index (χ1) is 14.6. The number of carbonyl (C=O) groups excluding carboxylic acids is 1. The number of hydrogen-bond donors (Lipinski definition) is 1. The van der Waals surface area contributed by atoms with E-state index >= 15 is 0 Å². The zero-order valence-electron chi connectivity index (χ0n) is 17.5. The molecule has 1 fully saturated rings. The van der Waals surface area contributed by atoms with E-state index in [0.717, 1.165) is 43.6 Å². The first-order valence-corrected chi connectivity index (χ1v) is 11.3. The van der Waals surface area contributed by atoms with Crippen molar-refractivity contribution in [1.82, 2.24) is 19.4 Å². The highest BCUT2D eigenvalue weighted by Crippen LogP contribution is 2.22. The summed E-state index contributed by atoms with van der Waals surface area (Å²) in [7, 11) is 0. The van der Waals surface area contributed by atoms with E-state index in [0.29, 0.717) is 5.75 Å². The highest BCUT2D eigenvalue weighted by atomic mass is 32.2. The second-order valence-corrected chi connectivity index (χ2v) is 8.82. The van der Waals surface area contributed by atoms with Crippen LogP contribution in [-0.4, -0.2) is 57.3 Å². The molecule has 1 aliphatic rings. The Hall–Kier alpha value is -2.64. The third kappa shape index (κ3) is 5.09. The Morgan fingerprint density at radius 1 is 1.07 bits per heavy atom. The molecule has 2 aromatic heterocycles. The minimum absolute atomic E-state index is 0.193. The van der Waals surface area contributed by atoms with Gasteiger partial charge in [-0.05, 0) is 49.2 Å². The Kier molecular flexibility index (Phi) is 6.50. The van der Waals surface area contributed by atoms with E-state index in [9.17, 15) is 4.79 Å². The Morgan fingerprint density at radius 2 is 1.77 bits per heavy atom. The number of carbonyl (C=O) groups is 1. The number of imidazole rings is 1. The van der Waals surface area contributed by atoms with Crippen molar-refractivity contribution in [3.63, 3.8) is 0 Å². The Morgan fingerprint density at radius 3 is 2.47 bits per heavy atom. The van der Waals surface area contributed by atoms with Crippen molar-refractivity contribution >= 4 is 17.7 Å². The van der Waals surface area contributed by atoms with Gasteiger partial charge < -0.3 is 9.80 Å². The lowest BCUT2D eigenvalue weighted by atomic mass is 10.1. The van der Waals surface area contributed by atoms with Gasteiger partial charge in [-0.3, -0.25) is 14.3 Å². The number of nitrogens with zero attached hydrogens (tertiary/aromatic N) is 4. The lowest BCUT2D eigenvalue weighted by Crippen LogP contribution is -3.13. The number of quaternary nitrogens is 1. The number of benzene rings is 1. The molecule has 0 saturated carbocycles. The molecule has 156 valence electrons. The van der Waals surface area contributed by atoms with Gasteiger partial charge in [0.25, 0.3) is 0 Å². The average molecular weight is 423 g/mol. The molecule has 30 heavy (non-hydrogen) atoms. The van der Waals surface area contributed by atoms with Crippen LogP contribution in [0.3, 0.4) is 0 Å². The number of piperazine rings is 1. The number of hydrogen-bond acceptors (Lipinski definition) is 4. The molecule has 0 aliphatic carbocycles. The molecule has 0 radical (unpaired) electrons. The number of aromatic nitrogens is 3. The van der Waals surface area contributed by atoms with Crippen LogP contribution in [0.5, 0.6) is 0 Å². The van der Waals surface area contributed by atoms with Crippen molar-refractivity contribution < 1.29 is 9.69 Å². The van der Waals surface area contributed by atoms with Crippen molar-refractivity contribution in [2.45, 2.75) is 25.5 Å². The summed E-state index contributed by atoms with van der Waals surface area (Å²) in [5.74, 6) is 0.611. The SMILES string of the molecule is Cc1cc(C)cc(-n2ccnc2SCC(=O)N2CC[NH+](Cc3ccncc3)CC2)c1. The molecule has 0 spiro atoms. The van der Waals surface area contributed by atoms with E-state index < -0.39 is 0 Å². The summed E-state index contributed by atoms with van der Waals surface area (Å²) in [6.07, 6.45) is 7.44. The summed E-state index contributed by atoms with van der Waals surface area (Å²) in [5.41, 5.74) is 4.83. The molecule has 1 amide bonds. The quantitative estimate of drug-likeness (QED) is 0.617. The van der Waals surface area contributed by atoms with Crippen LogP contribution in [0, 0.1) is 13.8 Å². The smallest absolute Gasteiger partial charge is 0.233 e. The summed E-state index contributed by atoms with van der Waals surface area (Å²) in [5, 5.41) is 0.857. The highest BCUT2D eigenvalue weighted by Gasteiger charge is 2.24. The molecule has 0 unspecified atom stereocenters. The summed E-state index contributed by atoms with van der Waals surface area (Å²) in [6, 6.07) is 10.6. The van der Waals surface area contributed by atoms with Crippen LogP contribution in [0.25, 0.3) is 5.69 Å². The minimum Gasteiger partial charge on any atom is -0.331 e. The predicted octanol–water partition coefficient (Wildman–Crippen LogP) is 1.90. The van der Waals surface area contributed by atoms with Gasteiger partial charge in [-0.1, -0.05) is 17.8 Å². The standard InChI is InChI=1S/C23H27N5OS/c1-18-13-19(2)15-21(14-18)28-8-7-25-23(28)30-17-22(29)27-11-9-26(10-12-27)16-20-3-5-24-6-4-20/h3-8,13-15H,9-12,16-17H2,1-2H3/p+1. The van der Waals surface area contributed by atoms with Crippen molar-refractivity contribution in [2.75, 3.05) is 31.9 Å². The average Bonchev–Trinajstić information content (AvgIpc) is 3.21. The van der Waals surface area contributed by atoms with Gasteiger partial charge in [0.2, 0.25) is 5.91 Å². The summed E-state index contributed by atoms with van der Waals surface area (Å²) in [4.78, 5) is 24.8. The van der Waals surface area contributed by atoms with E-state index in [1.807, 2.05) is 23.5 Å². The number of nitrogens with one attached hydrogen (secondary N) is 1. The number of thioether (sulfide) groups is 1. The molecule has 1 saturated heterocycles. The number of amides is 1. The van der Waals surface area contributed by atoms with Crippen LogP contribution in [0.1, 0.15) is 16.7 Å². The largest absolute Gasteiger partial charge is 0.331 e. The van der Waals surface area contributed by atoms with Gasteiger partial charge in [0.1, 0.15) is 6.54 Å². The van der Waals surface area contributed by atoms with Crippen molar-refractivity contribution in [3.8, 4) is 5.69 Å². The molecule has 7 heteroatoms. The summed E-state index contributed by atoms with van der Waals surface area (Å²) >= 11 is 1.51. The summed E-state index contributed by atoms with van der Waals surface area (Å²) in [6.45, 7) is 8.77. The second-order valence-electron chi connectivity index (χ2n) is 7.88. The molecule has 3 aromatic rings. The van der Waals surface area contributed by atoms with Crippen LogP contribution in [0.15, 0.2) is 60.3 Å². The fourth-order valence-corrected chi connectivity index (χ4v) is 4.81.